The van der Waals surface area contributed by atoms with Crippen molar-refractivity contribution in [3.05, 3.63) is 29.7 Å². The van der Waals surface area contributed by atoms with Gasteiger partial charge in [-0.25, -0.2) is 9.78 Å². The topological polar surface area (TPSA) is 63.3 Å². The van der Waals surface area contributed by atoms with Crippen molar-refractivity contribution in [2.75, 3.05) is 0 Å². The summed E-state index contributed by atoms with van der Waals surface area (Å²) in [6.45, 7) is 0. The number of carbonyl (C=O) groups is 1. The van der Waals surface area contributed by atoms with Gasteiger partial charge in [-0.05, 0) is 31.0 Å². The van der Waals surface area contributed by atoms with Gasteiger partial charge < -0.3 is 9.52 Å². The largest absolute Gasteiger partial charge is 0.478 e. The summed E-state index contributed by atoms with van der Waals surface area (Å²) in [7, 11) is 0. The zero-order valence-corrected chi connectivity index (χ0v) is 8.64. The Bertz CT molecular complexity index is 554. The predicted molar refractivity (Wildman–Crippen MR) is 57.6 cm³/mol. The minimum Gasteiger partial charge on any atom is -0.478 e. The van der Waals surface area contributed by atoms with Gasteiger partial charge in [-0.15, -0.1) is 0 Å². The van der Waals surface area contributed by atoms with Crippen molar-refractivity contribution < 1.29 is 14.3 Å². The van der Waals surface area contributed by atoms with Gasteiger partial charge in [-0.3, -0.25) is 0 Å². The normalized spacial score (nSPS) is 16.2. The molecule has 1 fully saturated rings. The molecule has 0 radical (unpaired) electrons. The predicted octanol–water partition coefficient (Wildman–Crippen LogP) is 2.79. The highest BCUT2D eigenvalue weighted by molar-refractivity contribution is 5.91. The summed E-state index contributed by atoms with van der Waals surface area (Å²) in [5, 5.41) is 8.86. The third-order valence-electron chi connectivity index (χ3n) is 3.11. The maximum atomic E-state index is 10.8. The van der Waals surface area contributed by atoms with Gasteiger partial charge in [0.25, 0.3) is 0 Å². The zero-order chi connectivity index (χ0) is 11.1. The van der Waals surface area contributed by atoms with Gasteiger partial charge in [0.1, 0.15) is 5.52 Å². The molecule has 82 valence electrons. The minimum atomic E-state index is -0.935. The van der Waals surface area contributed by atoms with Crippen molar-refractivity contribution in [1.29, 1.82) is 0 Å². The maximum absolute atomic E-state index is 10.8. The fourth-order valence-corrected chi connectivity index (χ4v) is 1.91. The molecular formula is C12H11NO3. The Morgan fingerprint density at radius 2 is 2.25 bits per heavy atom. The number of hydrogen-bond acceptors (Lipinski definition) is 3. The second kappa shape index (κ2) is 3.33. The Kier molecular flexibility index (Phi) is 1.96. The van der Waals surface area contributed by atoms with Crippen LogP contribution in [0.3, 0.4) is 0 Å². The molecule has 4 nitrogen and oxygen atoms in total. The lowest BCUT2D eigenvalue weighted by atomic mass is 9.85. The summed E-state index contributed by atoms with van der Waals surface area (Å²) in [4.78, 5) is 15.1. The fraction of sp³-hybridized carbons (Fsp3) is 0.333. The third-order valence-corrected chi connectivity index (χ3v) is 3.11. The van der Waals surface area contributed by atoms with E-state index in [2.05, 4.69) is 4.98 Å². The number of aromatic nitrogens is 1. The van der Waals surface area contributed by atoms with Crippen LogP contribution in [-0.2, 0) is 0 Å². The highest BCUT2D eigenvalue weighted by Gasteiger charge is 2.24. The van der Waals surface area contributed by atoms with E-state index in [9.17, 15) is 4.79 Å². The van der Waals surface area contributed by atoms with Gasteiger partial charge in [-0.2, -0.15) is 0 Å². The number of rotatable bonds is 2. The summed E-state index contributed by atoms with van der Waals surface area (Å²) in [5.74, 6) is 0.250. The molecule has 0 spiro atoms. The van der Waals surface area contributed by atoms with E-state index >= 15 is 0 Å². The van der Waals surface area contributed by atoms with Crippen molar-refractivity contribution in [1.82, 2.24) is 4.98 Å². The summed E-state index contributed by atoms with van der Waals surface area (Å²) < 4.78 is 5.60. The van der Waals surface area contributed by atoms with Crippen LogP contribution in [0.2, 0.25) is 0 Å². The molecule has 0 unspecified atom stereocenters. The molecule has 1 aromatic carbocycles. The van der Waals surface area contributed by atoms with Crippen LogP contribution in [0, 0.1) is 0 Å². The maximum Gasteiger partial charge on any atom is 0.335 e. The minimum absolute atomic E-state index is 0.251. The van der Waals surface area contributed by atoms with Gasteiger partial charge in [0, 0.05) is 5.92 Å². The first-order valence-corrected chi connectivity index (χ1v) is 5.38. The molecule has 2 aromatic rings. The van der Waals surface area contributed by atoms with Crippen LogP contribution in [0.25, 0.3) is 11.1 Å². The quantitative estimate of drug-likeness (QED) is 0.840. The van der Waals surface area contributed by atoms with Crippen LogP contribution in [0.1, 0.15) is 41.4 Å². The second-order valence-corrected chi connectivity index (χ2v) is 4.17. The highest BCUT2D eigenvalue weighted by Crippen LogP contribution is 2.37. The molecule has 1 aromatic heterocycles. The second-order valence-electron chi connectivity index (χ2n) is 4.17. The Balaban J connectivity index is 2.06. The van der Waals surface area contributed by atoms with Crippen molar-refractivity contribution >= 4 is 17.1 Å². The van der Waals surface area contributed by atoms with E-state index in [-0.39, 0.29) is 5.56 Å². The molecule has 1 saturated carbocycles. The van der Waals surface area contributed by atoms with E-state index in [0.29, 0.717) is 17.0 Å². The van der Waals surface area contributed by atoms with Crippen LogP contribution < -0.4 is 0 Å². The number of carboxylic acid groups (broad SMARTS) is 1. The molecule has 0 saturated heterocycles. The molecular weight excluding hydrogens is 206 g/mol. The average molecular weight is 217 g/mol. The number of benzene rings is 1. The summed E-state index contributed by atoms with van der Waals surface area (Å²) in [6, 6.07) is 4.78. The van der Waals surface area contributed by atoms with E-state index < -0.39 is 5.97 Å². The van der Waals surface area contributed by atoms with Crippen molar-refractivity contribution in [3.8, 4) is 0 Å². The zero-order valence-electron chi connectivity index (χ0n) is 8.64. The molecule has 1 aliphatic rings. The molecule has 16 heavy (non-hydrogen) atoms. The monoisotopic (exact) mass is 217 g/mol. The highest BCUT2D eigenvalue weighted by atomic mass is 16.4. The Hall–Kier alpha value is -1.84. The first-order chi connectivity index (χ1) is 7.74. The number of hydrogen-bond donors (Lipinski definition) is 1. The van der Waals surface area contributed by atoms with E-state index in [4.69, 9.17) is 9.52 Å². The number of oxazole rings is 1. The van der Waals surface area contributed by atoms with E-state index in [0.717, 1.165) is 18.7 Å². The fourth-order valence-electron chi connectivity index (χ4n) is 1.91. The van der Waals surface area contributed by atoms with E-state index in [1.165, 1.54) is 6.42 Å². The van der Waals surface area contributed by atoms with Gasteiger partial charge in [0.15, 0.2) is 11.5 Å². The number of carboxylic acids is 1. The smallest absolute Gasteiger partial charge is 0.335 e. The summed E-state index contributed by atoms with van der Waals surface area (Å²) in [5.41, 5.74) is 1.56. The Morgan fingerprint density at radius 3 is 2.88 bits per heavy atom. The molecule has 1 N–H and O–H groups in total. The first-order valence-electron chi connectivity index (χ1n) is 5.38. The molecule has 0 bridgehead atoms. The molecule has 0 aliphatic heterocycles. The Morgan fingerprint density at radius 1 is 1.44 bits per heavy atom. The molecule has 0 amide bonds. The average Bonchev–Trinajstić information content (AvgIpc) is 2.56. The number of fused-ring (bicyclic) bond motifs is 1. The van der Waals surface area contributed by atoms with Crippen molar-refractivity contribution in [3.63, 3.8) is 0 Å². The van der Waals surface area contributed by atoms with Crippen LogP contribution in [-0.4, -0.2) is 16.1 Å². The van der Waals surface area contributed by atoms with E-state index in [1.54, 1.807) is 18.2 Å². The molecule has 0 atom stereocenters. The van der Waals surface area contributed by atoms with Gasteiger partial charge in [0.2, 0.25) is 0 Å². The van der Waals surface area contributed by atoms with Gasteiger partial charge in [-0.1, -0.05) is 6.42 Å². The van der Waals surface area contributed by atoms with Crippen LogP contribution in [0.15, 0.2) is 22.6 Å². The van der Waals surface area contributed by atoms with Gasteiger partial charge >= 0.3 is 5.97 Å². The van der Waals surface area contributed by atoms with E-state index in [1.807, 2.05) is 0 Å². The lowest BCUT2D eigenvalue weighted by Gasteiger charge is -2.21. The van der Waals surface area contributed by atoms with Gasteiger partial charge in [0.05, 0.1) is 5.56 Å². The lowest BCUT2D eigenvalue weighted by Crippen LogP contribution is -2.08. The SMILES string of the molecule is O=C(O)c1ccc2oc(C3CCC3)nc2c1. The molecule has 3 rings (SSSR count). The number of nitrogens with zero attached hydrogens (tertiary/aromatic N) is 1. The standard InChI is InChI=1S/C12H11NO3/c14-12(15)8-4-5-10-9(6-8)13-11(16-10)7-2-1-3-7/h4-7H,1-3H2,(H,14,15). The van der Waals surface area contributed by atoms with Crippen LogP contribution in [0.4, 0.5) is 0 Å². The first kappa shape index (κ1) is 9.39. The van der Waals surface area contributed by atoms with Crippen LogP contribution in [0.5, 0.6) is 0 Å². The summed E-state index contributed by atoms with van der Waals surface area (Å²) in [6.07, 6.45) is 3.47. The van der Waals surface area contributed by atoms with Crippen molar-refractivity contribution in [2.24, 2.45) is 0 Å². The van der Waals surface area contributed by atoms with Crippen LogP contribution >= 0.6 is 0 Å². The van der Waals surface area contributed by atoms with Crippen molar-refractivity contribution in [2.45, 2.75) is 25.2 Å². The number of aromatic carboxylic acids is 1. The molecule has 1 aliphatic carbocycles. The Labute approximate surface area is 91.9 Å². The lowest BCUT2D eigenvalue weighted by molar-refractivity contribution is 0.0697. The summed E-state index contributed by atoms with van der Waals surface area (Å²) >= 11 is 0. The third kappa shape index (κ3) is 1.38. The molecule has 1 heterocycles. The molecule has 4 heteroatoms.